The van der Waals surface area contributed by atoms with E-state index in [0.29, 0.717) is 37.8 Å². The van der Waals surface area contributed by atoms with Crippen molar-refractivity contribution in [2.75, 3.05) is 20.3 Å². The van der Waals surface area contributed by atoms with Gasteiger partial charge in [0.15, 0.2) is 11.5 Å². The number of carbonyl (C=O) groups excluding carboxylic acids is 2. The summed E-state index contributed by atoms with van der Waals surface area (Å²) in [7, 11) is 1.50. The van der Waals surface area contributed by atoms with Crippen molar-refractivity contribution in [1.29, 1.82) is 0 Å². The maximum Gasteiger partial charge on any atom is 0.293 e. The van der Waals surface area contributed by atoms with Gasteiger partial charge in [0.05, 0.1) is 23.6 Å². The third kappa shape index (κ3) is 6.16. The van der Waals surface area contributed by atoms with Crippen LogP contribution in [0.15, 0.2) is 65.6 Å². The minimum atomic E-state index is -0.382. The third-order valence-electron chi connectivity index (χ3n) is 5.33. The standard InChI is InChI=1S/C27H23Cl2NO5S/c1-17-6-5-8-20(12-17)34-11-10-30-26(31)24(36-27(30)32)15-18-13-22(29)25(23(14-18)33-2)35-16-19-7-3-4-9-21(19)28/h3-9,12-15H,10-11,16H2,1-2H3/b24-15-. The maximum absolute atomic E-state index is 12.9. The molecule has 36 heavy (non-hydrogen) atoms. The molecule has 0 aromatic heterocycles. The van der Waals surface area contributed by atoms with Crippen molar-refractivity contribution < 1.29 is 23.8 Å². The lowest BCUT2D eigenvalue weighted by Gasteiger charge is -2.14. The van der Waals surface area contributed by atoms with Crippen LogP contribution in [-0.4, -0.2) is 36.3 Å². The number of imide groups is 1. The molecule has 0 atom stereocenters. The summed E-state index contributed by atoms with van der Waals surface area (Å²) >= 11 is 13.6. The molecule has 2 amide bonds. The van der Waals surface area contributed by atoms with Crippen molar-refractivity contribution >= 4 is 52.2 Å². The molecule has 6 nitrogen and oxygen atoms in total. The SMILES string of the molecule is COc1cc(/C=C2\SC(=O)N(CCOc3cccc(C)c3)C2=O)cc(Cl)c1OCc1ccccc1Cl. The lowest BCUT2D eigenvalue weighted by Crippen LogP contribution is -2.32. The highest BCUT2D eigenvalue weighted by atomic mass is 35.5. The number of rotatable bonds is 9. The molecule has 186 valence electrons. The van der Waals surface area contributed by atoms with Crippen molar-refractivity contribution in [2.45, 2.75) is 13.5 Å². The Morgan fingerprint density at radius 2 is 1.78 bits per heavy atom. The van der Waals surface area contributed by atoms with E-state index in [1.807, 2.05) is 49.4 Å². The summed E-state index contributed by atoms with van der Waals surface area (Å²) in [6.45, 7) is 2.52. The smallest absolute Gasteiger partial charge is 0.293 e. The second-order valence-corrected chi connectivity index (χ2v) is 9.72. The van der Waals surface area contributed by atoms with Gasteiger partial charge in [-0.3, -0.25) is 14.5 Å². The van der Waals surface area contributed by atoms with Crippen LogP contribution in [0.2, 0.25) is 10.0 Å². The molecule has 0 spiro atoms. The summed E-state index contributed by atoms with van der Waals surface area (Å²) < 4.78 is 17.0. The second-order valence-electron chi connectivity index (χ2n) is 7.91. The Morgan fingerprint density at radius 1 is 0.972 bits per heavy atom. The number of nitrogens with zero attached hydrogens (tertiary/aromatic N) is 1. The first-order valence-corrected chi connectivity index (χ1v) is 12.6. The molecule has 1 heterocycles. The van der Waals surface area contributed by atoms with Gasteiger partial charge in [-0.2, -0.15) is 0 Å². The predicted octanol–water partition coefficient (Wildman–Crippen LogP) is 7.00. The number of thioether (sulfide) groups is 1. The minimum absolute atomic E-state index is 0.148. The number of amides is 2. The van der Waals surface area contributed by atoms with E-state index in [0.717, 1.165) is 22.9 Å². The van der Waals surface area contributed by atoms with Crippen molar-refractivity contribution in [3.8, 4) is 17.2 Å². The van der Waals surface area contributed by atoms with Gasteiger partial charge in [0, 0.05) is 10.6 Å². The number of halogens is 2. The summed E-state index contributed by atoms with van der Waals surface area (Å²) in [6, 6.07) is 18.3. The fraction of sp³-hybridized carbons (Fsp3) is 0.185. The number of carbonyl (C=O) groups is 2. The topological polar surface area (TPSA) is 65.1 Å². The van der Waals surface area contributed by atoms with Gasteiger partial charge < -0.3 is 14.2 Å². The Kier molecular flexibility index (Phi) is 8.46. The van der Waals surface area contributed by atoms with Crippen molar-refractivity contribution in [3.63, 3.8) is 0 Å². The number of ether oxygens (including phenoxy) is 3. The molecule has 0 radical (unpaired) electrons. The molecule has 4 rings (SSSR count). The van der Waals surface area contributed by atoms with Crippen molar-refractivity contribution in [2.24, 2.45) is 0 Å². The third-order valence-corrected chi connectivity index (χ3v) is 6.88. The van der Waals surface area contributed by atoms with Crippen LogP contribution in [0.5, 0.6) is 17.2 Å². The zero-order valence-corrected chi connectivity index (χ0v) is 22.0. The van der Waals surface area contributed by atoms with Gasteiger partial charge in [-0.1, -0.05) is 53.5 Å². The molecule has 3 aromatic rings. The number of methoxy groups -OCH3 is 1. The maximum atomic E-state index is 12.9. The molecule has 1 fully saturated rings. The Hall–Kier alpha value is -3.13. The van der Waals surface area contributed by atoms with E-state index in [-0.39, 0.29) is 30.9 Å². The van der Waals surface area contributed by atoms with Gasteiger partial charge in [0.2, 0.25) is 0 Å². The fourth-order valence-corrected chi connectivity index (χ4v) is 4.86. The molecule has 0 saturated carbocycles. The van der Waals surface area contributed by atoms with Crippen LogP contribution in [0.3, 0.4) is 0 Å². The van der Waals surface area contributed by atoms with E-state index in [2.05, 4.69) is 0 Å². The van der Waals surface area contributed by atoms with Crippen LogP contribution in [0, 0.1) is 6.92 Å². The summed E-state index contributed by atoms with van der Waals surface area (Å²) in [5.41, 5.74) is 2.47. The van der Waals surface area contributed by atoms with E-state index >= 15 is 0 Å². The first-order chi connectivity index (χ1) is 17.4. The summed E-state index contributed by atoms with van der Waals surface area (Å²) in [5, 5.41) is 0.541. The van der Waals surface area contributed by atoms with E-state index in [9.17, 15) is 9.59 Å². The van der Waals surface area contributed by atoms with Crippen LogP contribution >= 0.6 is 35.0 Å². The fourth-order valence-electron chi connectivity index (χ4n) is 3.53. The highest BCUT2D eigenvalue weighted by Crippen LogP contribution is 2.39. The molecule has 0 bridgehead atoms. The molecule has 0 aliphatic carbocycles. The first kappa shape index (κ1) is 25.9. The minimum Gasteiger partial charge on any atom is -0.493 e. The van der Waals surface area contributed by atoms with Crippen LogP contribution in [0.1, 0.15) is 16.7 Å². The van der Waals surface area contributed by atoms with Gasteiger partial charge >= 0.3 is 0 Å². The van der Waals surface area contributed by atoms with E-state index in [1.54, 1.807) is 24.3 Å². The van der Waals surface area contributed by atoms with Gasteiger partial charge in [0.1, 0.15) is 19.0 Å². The largest absolute Gasteiger partial charge is 0.493 e. The highest BCUT2D eigenvalue weighted by Gasteiger charge is 2.35. The molecule has 1 aliphatic rings. The zero-order valence-electron chi connectivity index (χ0n) is 19.6. The molecule has 1 saturated heterocycles. The van der Waals surface area contributed by atoms with Crippen LogP contribution in [0.4, 0.5) is 4.79 Å². The summed E-state index contributed by atoms with van der Waals surface area (Å²) in [4.78, 5) is 26.8. The summed E-state index contributed by atoms with van der Waals surface area (Å²) in [6.07, 6.45) is 1.61. The van der Waals surface area contributed by atoms with Gasteiger partial charge in [-0.05, 0) is 66.2 Å². The number of hydrogen-bond donors (Lipinski definition) is 0. The lowest BCUT2D eigenvalue weighted by atomic mass is 10.1. The Labute approximate surface area is 223 Å². The van der Waals surface area contributed by atoms with Crippen LogP contribution in [0.25, 0.3) is 6.08 Å². The number of benzene rings is 3. The van der Waals surface area contributed by atoms with Crippen LogP contribution in [-0.2, 0) is 11.4 Å². The normalized spacial score (nSPS) is 14.4. The molecule has 0 unspecified atom stereocenters. The zero-order chi connectivity index (χ0) is 25.7. The summed E-state index contributed by atoms with van der Waals surface area (Å²) in [5.74, 6) is 1.06. The van der Waals surface area contributed by atoms with Gasteiger partial charge in [-0.15, -0.1) is 0 Å². The highest BCUT2D eigenvalue weighted by molar-refractivity contribution is 8.18. The Bertz CT molecular complexity index is 1330. The average Bonchev–Trinajstić information content (AvgIpc) is 3.11. The van der Waals surface area contributed by atoms with Crippen LogP contribution < -0.4 is 14.2 Å². The van der Waals surface area contributed by atoms with Gasteiger partial charge in [0.25, 0.3) is 11.1 Å². The molecule has 3 aromatic carbocycles. The van der Waals surface area contributed by atoms with Gasteiger partial charge in [-0.25, -0.2) is 0 Å². The number of hydrogen-bond acceptors (Lipinski definition) is 6. The molecule has 9 heteroatoms. The molecule has 0 N–H and O–H groups in total. The number of aryl methyl sites for hydroxylation is 1. The molecular formula is C27H23Cl2NO5S. The van der Waals surface area contributed by atoms with Crippen molar-refractivity contribution in [1.82, 2.24) is 4.90 Å². The quantitative estimate of drug-likeness (QED) is 0.270. The molecule has 1 aliphatic heterocycles. The Balaban J connectivity index is 1.44. The van der Waals surface area contributed by atoms with E-state index in [4.69, 9.17) is 37.4 Å². The monoisotopic (exact) mass is 543 g/mol. The second kappa shape index (κ2) is 11.7. The van der Waals surface area contributed by atoms with E-state index < -0.39 is 0 Å². The van der Waals surface area contributed by atoms with Crippen molar-refractivity contribution in [3.05, 3.63) is 92.3 Å². The predicted molar refractivity (Wildman–Crippen MR) is 143 cm³/mol. The molecular weight excluding hydrogens is 521 g/mol. The first-order valence-electron chi connectivity index (χ1n) is 11.0. The lowest BCUT2D eigenvalue weighted by molar-refractivity contribution is -0.123. The Morgan fingerprint density at radius 3 is 2.53 bits per heavy atom. The average molecular weight is 544 g/mol. The van der Waals surface area contributed by atoms with E-state index in [1.165, 1.54) is 12.0 Å².